The standard InChI is InChI=1S/C18H19N3O5S/c1-13(17(22)19-11-14-5-3-2-4-6-14)26-18(23)15-7-8-16-20-27(24,25)10-9-21(16)12-15/h2-8,12-13H,9-11H2,1H3,(H,19,22)/t13-/m0/s1. The summed E-state index contributed by atoms with van der Waals surface area (Å²) < 4.78 is 31.8. The van der Waals surface area contributed by atoms with Gasteiger partial charge in [-0.25, -0.2) is 13.2 Å². The number of carbonyl (C=O) groups is 2. The molecule has 0 unspecified atom stereocenters. The van der Waals surface area contributed by atoms with Crippen LogP contribution in [0.2, 0.25) is 0 Å². The van der Waals surface area contributed by atoms with Crippen LogP contribution < -0.4 is 5.32 Å². The Hall–Kier alpha value is -2.94. The first kappa shape index (κ1) is 18.8. The summed E-state index contributed by atoms with van der Waals surface area (Å²) in [6, 6.07) is 9.39. The molecule has 0 fully saturated rings. The largest absolute Gasteiger partial charge is 0.449 e. The molecule has 0 radical (unpaired) electrons. The smallest absolute Gasteiger partial charge is 0.340 e. The molecule has 2 heterocycles. The summed E-state index contributed by atoms with van der Waals surface area (Å²) in [5.74, 6) is -0.937. The molecule has 9 heteroatoms. The Kier molecular flexibility index (Phi) is 5.41. The summed E-state index contributed by atoms with van der Waals surface area (Å²) in [6.45, 7) is 2.04. The first-order chi connectivity index (χ1) is 12.8. The molecule has 2 aliphatic rings. The number of nitrogens with zero attached hydrogens (tertiary/aromatic N) is 2. The second kappa shape index (κ2) is 7.75. The number of amidine groups is 1. The molecular weight excluding hydrogens is 370 g/mol. The van der Waals surface area contributed by atoms with E-state index in [0.717, 1.165) is 5.56 Å². The Balaban J connectivity index is 1.56. The first-order valence-electron chi connectivity index (χ1n) is 8.36. The Morgan fingerprint density at radius 1 is 1.26 bits per heavy atom. The molecule has 1 aromatic rings. The fourth-order valence-corrected chi connectivity index (χ4v) is 3.50. The zero-order valence-corrected chi connectivity index (χ0v) is 15.5. The second-order valence-corrected chi connectivity index (χ2v) is 7.85. The zero-order valence-electron chi connectivity index (χ0n) is 14.7. The van der Waals surface area contributed by atoms with Crippen LogP contribution in [0.25, 0.3) is 0 Å². The third kappa shape index (κ3) is 4.82. The summed E-state index contributed by atoms with van der Waals surface area (Å²) in [5, 5.41) is 2.71. The Labute approximate surface area is 157 Å². The van der Waals surface area contributed by atoms with E-state index in [1.54, 1.807) is 4.90 Å². The van der Waals surface area contributed by atoms with Crippen molar-refractivity contribution in [2.75, 3.05) is 12.3 Å². The van der Waals surface area contributed by atoms with E-state index in [-0.39, 0.29) is 23.7 Å². The van der Waals surface area contributed by atoms with Gasteiger partial charge < -0.3 is 15.0 Å². The summed E-state index contributed by atoms with van der Waals surface area (Å²) in [7, 11) is -3.45. The Morgan fingerprint density at radius 3 is 2.74 bits per heavy atom. The van der Waals surface area contributed by atoms with Gasteiger partial charge in [0.1, 0.15) is 5.84 Å². The van der Waals surface area contributed by atoms with E-state index in [9.17, 15) is 18.0 Å². The van der Waals surface area contributed by atoms with Crippen LogP contribution in [0, 0.1) is 0 Å². The molecule has 27 heavy (non-hydrogen) atoms. The van der Waals surface area contributed by atoms with Crippen molar-refractivity contribution in [2.45, 2.75) is 19.6 Å². The van der Waals surface area contributed by atoms with Gasteiger partial charge in [-0.05, 0) is 24.6 Å². The average Bonchev–Trinajstić information content (AvgIpc) is 2.65. The van der Waals surface area contributed by atoms with Crippen molar-refractivity contribution < 1.29 is 22.7 Å². The van der Waals surface area contributed by atoms with Crippen molar-refractivity contribution in [1.82, 2.24) is 10.2 Å². The number of hydrogen-bond acceptors (Lipinski definition) is 6. The summed E-state index contributed by atoms with van der Waals surface area (Å²) in [4.78, 5) is 26.0. The van der Waals surface area contributed by atoms with Gasteiger partial charge in [0.15, 0.2) is 6.10 Å². The minimum atomic E-state index is -3.45. The molecule has 3 rings (SSSR count). The number of amides is 1. The van der Waals surface area contributed by atoms with Gasteiger partial charge in [0, 0.05) is 19.3 Å². The highest BCUT2D eigenvalue weighted by Gasteiger charge is 2.26. The van der Waals surface area contributed by atoms with Gasteiger partial charge in [0.25, 0.3) is 15.9 Å². The van der Waals surface area contributed by atoms with E-state index in [2.05, 4.69) is 9.71 Å². The highest BCUT2D eigenvalue weighted by molar-refractivity contribution is 7.90. The lowest BCUT2D eigenvalue weighted by atomic mass is 10.2. The fraction of sp³-hybridized carbons (Fsp3) is 0.278. The summed E-state index contributed by atoms with van der Waals surface area (Å²) >= 11 is 0. The van der Waals surface area contributed by atoms with Crippen LogP contribution in [0.15, 0.2) is 58.7 Å². The lowest BCUT2D eigenvalue weighted by Gasteiger charge is -2.27. The Morgan fingerprint density at radius 2 is 2.00 bits per heavy atom. The van der Waals surface area contributed by atoms with Crippen LogP contribution >= 0.6 is 0 Å². The number of benzene rings is 1. The second-order valence-electron chi connectivity index (χ2n) is 6.10. The number of rotatable bonds is 5. The lowest BCUT2D eigenvalue weighted by molar-refractivity contribution is -0.151. The molecule has 1 aromatic carbocycles. The molecule has 8 nitrogen and oxygen atoms in total. The predicted octanol–water partition coefficient (Wildman–Crippen LogP) is 0.732. The minimum absolute atomic E-state index is 0.124. The minimum Gasteiger partial charge on any atom is -0.449 e. The highest BCUT2D eigenvalue weighted by atomic mass is 32.2. The molecule has 1 atom stereocenters. The van der Waals surface area contributed by atoms with E-state index in [4.69, 9.17) is 4.74 Å². The van der Waals surface area contributed by atoms with Crippen LogP contribution in [-0.2, 0) is 30.9 Å². The van der Waals surface area contributed by atoms with Gasteiger partial charge in [0.2, 0.25) is 0 Å². The molecule has 0 bridgehead atoms. The maximum atomic E-state index is 12.3. The van der Waals surface area contributed by atoms with Gasteiger partial charge in [-0.1, -0.05) is 30.3 Å². The van der Waals surface area contributed by atoms with Crippen LogP contribution in [-0.4, -0.2) is 49.4 Å². The lowest BCUT2D eigenvalue weighted by Crippen LogP contribution is -2.38. The van der Waals surface area contributed by atoms with Crippen molar-refractivity contribution in [3.63, 3.8) is 0 Å². The van der Waals surface area contributed by atoms with Crippen molar-refractivity contribution in [3.8, 4) is 0 Å². The molecule has 2 aliphatic heterocycles. The van der Waals surface area contributed by atoms with Gasteiger partial charge in [-0.3, -0.25) is 4.79 Å². The maximum Gasteiger partial charge on any atom is 0.340 e. The highest BCUT2D eigenvalue weighted by Crippen LogP contribution is 2.17. The van der Waals surface area contributed by atoms with Crippen LogP contribution in [0.1, 0.15) is 12.5 Å². The van der Waals surface area contributed by atoms with Crippen molar-refractivity contribution in [3.05, 3.63) is 59.8 Å². The van der Waals surface area contributed by atoms with Crippen molar-refractivity contribution >= 4 is 27.7 Å². The number of hydrogen-bond donors (Lipinski definition) is 1. The third-order valence-electron chi connectivity index (χ3n) is 4.02. The van der Waals surface area contributed by atoms with Crippen molar-refractivity contribution in [1.29, 1.82) is 0 Å². The molecule has 0 aromatic heterocycles. The number of fused-ring (bicyclic) bond motifs is 1. The number of sulfonamides is 1. The molecule has 0 saturated heterocycles. The normalized spacial score (nSPS) is 18.6. The molecule has 0 spiro atoms. The Bertz CT molecular complexity index is 935. The van der Waals surface area contributed by atoms with Gasteiger partial charge in [-0.15, -0.1) is 4.40 Å². The number of esters is 1. The van der Waals surface area contributed by atoms with Gasteiger partial charge in [-0.2, -0.15) is 0 Å². The van der Waals surface area contributed by atoms with E-state index in [1.807, 2.05) is 30.3 Å². The molecule has 0 aliphatic carbocycles. The number of carbonyl (C=O) groups excluding carboxylic acids is 2. The summed E-state index contributed by atoms with van der Waals surface area (Å²) in [6.07, 6.45) is 3.37. The predicted molar refractivity (Wildman–Crippen MR) is 99.0 cm³/mol. The van der Waals surface area contributed by atoms with E-state index in [1.165, 1.54) is 25.3 Å². The van der Waals surface area contributed by atoms with Crippen LogP contribution in [0.3, 0.4) is 0 Å². The molecular formula is C18H19N3O5S. The van der Waals surface area contributed by atoms with Gasteiger partial charge in [0.05, 0.1) is 11.3 Å². The van der Waals surface area contributed by atoms with Crippen LogP contribution in [0.5, 0.6) is 0 Å². The maximum absolute atomic E-state index is 12.3. The molecule has 142 valence electrons. The van der Waals surface area contributed by atoms with E-state index >= 15 is 0 Å². The number of nitrogens with one attached hydrogen (secondary N) is 1. The topological polar surface area (TPSA) is 105 Å². The molecule has 1 amide bonds. The zero-order chi connectivity index (χ0) is 19.4. The van der Waals surface area contributed by atoms with Crippen molar-refractivity contribution in [2.24, 2.45) is 4.40 Å². The molecule has 0 saturated carbocycles. The van der Waals surface area contributed by atoms with Gasteiger partial charge >= 0.3 is 5.97 Å². The molecule has 1 N–H and O–H groups in total. The number of ether oxygens (including phenoxy) is 1. The van der Waals surface area contributed by atoms with E-state index < -0.39 is 28.0 Å². The quantitative estimate of drug-likeness (QED) is 0.745. The van der Waals surface area contributed by atoms with Crippen LogP contribution in [0.4, 0.5) is 0 Å². The third-order valence-corrected chi connectivity index (χ3v) is 5.19. The SMILES string of the molecule is C[C@H](OC(=O)C1=CN2CCS(=O)(=O)N=C2C=C1)C(=O)NCc1ccccc1. The average molecular weight is 389 g/mol. The fourth-order valence-electron chi connectivity index (χ4n) is 2.53. The summed E-state index contributed by atoms with van der Waals surface area (Å²) in [5.41, 5.74) is 1.16. The monoisotopic (exact) mass is 389 g/mol. The van der Waals surface area contributed by atoms with E-state index in [0.29, 0.717) is 6.54 Å². The first-order valence-corrected chi connectivity index (χ1v) is 9.97.